The summed E-state index contributed by atoms with van der Waals surface area (Å²) < 4.78 is 23.1. The quantitative estimate of drug-likeness (QED) is 0.759. The monoisotopic (exact) mass is 274 g/mol. The summed E-state index contributed by atoms with van der Waals surface area (Å²) in [6, 6.07) is 12.8. The highest BCUT2D eigenvalue weighted by atomic mass is 19.1. The van der Waals surface area contributed by atoms with Crippen LogP contribution in [-0.2, 0) is 11.3 Å². The fraction of sp³-hybridized carbons (Fsp3) is 0.188. The van der Waals surface area contributed by atoms with Gasteiger partial charge in [-0.2, -0.15) is 0 Å². The molecular weight excluding hydrogens is 259 g/mol. The maximum absolute atomic E-state index is 12.7. The number of hydrogen-bond acceptors (Lipinski definition) is 3. The van der Waals surface area contributed by atoms with Gasteiger partial charge in [-0.1, -0.05) is 12.1 Å². The van der Waals surface area contributed by atoms with Gasteiger partial charge in [0.25, 0.3) is 0 Å². The van der Waals surface area contributed by atoms with E-state index in [1.165, 1.54) is 24.3 Å². The van der Waals surface area contributed by atoms with Gasteiger partial charge < -0.3 is 9.47 Å². The molecule has 2 rings (SSSR count). The van der Waals surface area contributed by atoms with Gasteiger partial charge in [0, 0.05) is 5.56 Å². The van der Waals surface area contributed by atoms with E-state index < -0.39 is 0 Å². The molecule has 3 nitrogen and oxygen atoms in total. The molecule has 0 aromatic heterocycles. The molecule has 2 aromatic carbocycles. The molecule has 0 saturated carbocycles. The molecule has 0 spiro atoms. The number of methoxy groups -OCH3 is 1. The van der Waals surface area contributed by atoms with Crippen LogP contribution in [0.3, 0.4) is 0 Å². The summed E-state index contributed by atoms with van der Waals surface area (Å²) in [6.45, 7) is 0.314. The second-order valence-electron chi connectivity index (χ2n) is 4.27. The van der Waals surface area contributed by atoms with E-state index in [0.717, 1.165) is 11.3 Å². The van der Waals surface area contributed by atoms with Crippen molar-refractivity contribution in [3.8, 4) is 5.75 Å². The minimum absolute atomic E-state index is 0.0301. The largest absolute Gasteiger partial charge is 0.497 e. The van der Waals surface area contributed by atoms with Crippen molar-refractivity contribution in [3.05, 3.63) is 65.5 Å². The number of carbonyl (C=O) groups excluding carboxylic acids is 1. The number of ether oxygens (including phenoxy) is 2. The Morgan fingerprint density at radius 1 is 1.05 bits per heavy atom. The molecule has 0 fully saturated rings. The summed E-state index contributed by atoms with van der Waals surface area (Å²) in [5, 5.41) is 0. The van der Waals surface area contributed by atoms with Crippen LogP contribution in [-0.4, -0.2) is 19.5 Å². The average molecular weight is 274 g/mol. The van der Waals surface area contributed by atoms with Crippen LogP contribution in [0.1, 0.15) is 15.9 Å². The van der Waals surface area contributed by atoms with Crippen molar-refractivity contribution in [1.29, 1.82) is 0 Å². The van der Waals surface area contributed by atoms with E-state index in [1.807, 2.05) is 24.3 Å². The Morgan fingerprint density at radius 2 is 1.70 bits per heavy atom. The molecule has 104 valence electrons. The minimum atomic E-state index is -0.360. The first-order chi connectivity index (χ1) is 9.69. The number of rotatable bonds is 6. The molecule has 0 aliphatic carbocycles. The maximum atomic E-state index is 12.7. The Labute approximate surface area is 117 Å². The third-order valence-electron chi connectivity index (χ3n) is 2.83. The third kappa shape index (κ3) is 3.90. The summed E-state index contributed by atoms with van der Waals surface area (Å²) in [4.78, 5) is 11.8. The van der Waals surface area contributed by atoms with Gasteiger partial charge in [0.1, 0.15) is 18.2 Å². The SMILES string of the molecule is COc1ccc(COCC(=O)c2ccc(F)cc2)cc1. The lowest BCUT2D eigenvalue weighted by molar-refractivity contribution is 0.0726. The third-order valence-corrected chi connectivity index (χ3v) is 2.83. The number of carbonyl (C=O) groups is 1. The number of benzene rings is 2. The molecule has 0 saturated heterocycles. The van der Waals surface area contributed by atoms with E-state index in [2.05, 4.69) is 0 Å². The van der Waals surface area contributed by atoms with Crippen LogP contribution in [0.5, 0.6) is 5.75 Å². The lowest BCUT2D eigenvalue weighted by Crippen LogP contribution is -2.09. The number of Topliss-reactive ketones (excluding diaryl/α,β-unsaturated/α-hetero) is 1. The van der Waals surface area contributed by atoms with Gasteiger partial charge in [0.2, 0.25) is 0 Å². The topological polar surface area (TPSA) is 35.5 Å². The van der Waals surface area contributed by atoms with E-state index in [1.54, 1.807) is 7.11 Å². The Hall–Kier alpha value is -2.20. The van der Waals surface area contributed by atoms with Gasteiger partial charge in [0.05, 0.1) is 13.7 Å². The molecule has 0 heterocycles. The summed E-state index contributed by atoms with van der Waals surface area (Å²) in [5.41, 5.74) is 1.40. The highest BCUT2D eigenvalue weighted by Crippen LogP contribution is 2.12. The van der Waals surface area contributed by atoms with Crippen LogP contribution < -0.4 is 4.74 Å². The highest BCUT2D eigenvalue weighted by Gasteiger charge is 2.06. The van der Waals surface area contributed by atoms with Crippen molar-refractivity contribution in [2.45, 2.75) is 6.61 Å². The summed E-state index contributed by atoms with van der Waals surface area (Å²) in [7, 11) is 1.60. The van der Waals surface area contributed by atoms with Crippen molar-refractivity contribution < 1.29 is 18.7 Å². The standard InChI is InChI=1S/C16H15FO3/c1-19-15-8-2-12(3-9-15)10-20-11-16(18)13-4-6-14(17)7-5-13/h2-9H,10-11H2,1H3. The molecule has 0 unspecified atom stereocenters. The number of ketones is 1. The molecule has 0 N–H and O–H groups in total. The lowest BCUT2D eigenvalue weighted by Gasteiger charge is -2.05. The fourth-order valence-corrected chi connectivity index (χ4v) is 1.70. The molecule has 0 radical (unpaired) electrons. The Bertz CT molecular complexity index is 561. The average Bonchev–Trinajstić information content (AvgIpc) is 2.48. The van der Waals surface area contributed by atoms with E-state index in [-0.39, 0.29) is 18.2 Å². The van der Waals surface area contributed by atoms with Crippen LogP contribution in [0.4, 0.5) is 4.39 Å². The first-order valence-electron chi connectivity index (χ1n) is 6.18. The van der Waals surface area contributed by atoms with Crippen LogP contribution >= 0.6 is 0 Å². The molecule has 0 bridgehead atoms. The van der Waals surface area contributed by atoms with Crippen molar-refractivity contribution in [3.63, 3.8) is 0 Å². The van der Waals surface area contributed by atoms with Gasteiger partial charge in [-0.15, -0.1) is 0 Å². The van der Waals surface area contributed by atoms with Crippen molar-refractivity contribution in [2.24, 2.45) is 0 Å². The van der Waals surface area contributed by atoms with Gasteiger partial charge in [-0.05, 0) is 42.0 Å². The molecule has 0 aliphatic rings. The second kappa shape index (κ2) is 6.82. The molecular formula is C16H15FO3. The van der Waals surface area contributed by atoms with Crippen molar-refractivity contribution in [1.82, 2.24) is 0 Å². The van der Waals surface area contributed by atoms with E-state index in [0.29, 0.717) is 12.2 Å². The zero-order valence-corrected chi connectivity index (χ0v) is 11.1. The first-order valence-corrected chi connectivity index (χ1v) is 6.18. The zero-order chi connectivity index (χ0) is 14.4. The van der Waals surface area contributed by atoms with Crippen LogP contribution in [0, 0.1) is 5.82 Å². The minimum Gasteiger partial charge on any atom is -0.497 e. The maximum Gasteiger partial charge on any atom is 0.188 e. The Balaban J connectivity index is 1.82. The van der Waals surface area contributed by atoms with E-state index in [4.69, 9.17) is 9.47 Å². The second-order valence-corrected chi connectivity index (χ2v) is 4.27. The molecule has 20 heavy (non-hydrogen) atoms. The fourth-order valence-electron chi connectivity index (χ4n) is 1.70. The van der Waals surface area contributed by atoms with Crippen molar-refractivity contribution >= 4 is 5.78 Å². The Morgan fingerprint density at radius 3 is 2.30 bits per heavy atom. The van der Waals surface area contributed by atoms with Crippen LogP contribution in [0.25, 0.3) is 0 Å². The predicted molar refractivity (Wildman–Crippen MR) is 73.4 cm³/mol. The van der Waals surface area contributed by atoms with Gasteiger partial charge >= 0.3 is 0 Å². The number of halogens is 1. The molecule has 0 aliphatic heterocycles. The molecule has 2 aromatic rings. The number of hydrogen-bond donors (Lipinski definition) is 0. The van der Waals surface area contributed by atoms with E-state index >= 15 is 0 Å². The van der Waals surface area contributed by atoms with Crippen LogP contribution in [0.2, 0.25) is 0 Å². The molecule has 4 heteroatoms. The molecule has 0 amide bonds. The lowest BCUT2D eigenvalue weighted by atomic mass is 10.1. The van der Waals surface area contributed by atoms with Gasteiger partial charge in [0.15, 0.2) is 5.78 Å². The normalized spacial score (nSPS) is 10.3. The highest BCUT2D eigenvalue weighted by molar-refractivity contribution is 5.97. The smallest absolute Gasteiger partial charge is 0.188 e. The van der Waals surface area contributed by atoms with Gasteiger partial charge in [-0.25, -0.2) is 4.39 Å². The summed E-state index contributed by atoms with van der Waals surface area (Å²) >= 11 is 0. The predicted octanol–water partition coefficient (Wildman–Crippen LogP) is 3.23. The summed E-state index contributed by atoms with van der Waals surface area (Å²) in [5.74, 6) is 0.246. The Kier molecular flexibility index (Phi) is 4.85. The van der Waals surface area contributed by atoms with Crippen LogP contribution in [0.15, 0.2) is 48.5 Å². The zero-order valence-electron chi connectivity index (χ0n) is 11.1. The first kappa shape index (κ1) is 14.2. The summed E-state index contributed by atoms with van der Waals surface area (Å²) in [6.07, 6.45) is 0. The van der Waals surface area contributed by atoms with E-state index in [9.17, 15) is 9.18 Å². The molecule has 0 atom stereocenters. The van der Waals surface area contributed by atoms with Crippen molar-refractivity contribution in [2.75, 3.05) is 13.7 Å². The van der Waals surface area contributed by atoms with Gasteiger partial charge in [-0.3, -0.25) is 4.79 Å².